The second-order valence-corrected chi connectivity index (χ2v) is 10.5. The van der Waals surface area contributed by atoms with Crippen molar-refractivity contribution in [2.24, 2.45) is 5.92 Å². The molecular weight excluding hydrogens is 480 g/mol. The molecule has 1 amide bonds. The van der Waals surface area contributed by atoms with Gasteiger partial charge in [-0.1, -0.05) is 30.7 Å². The summed E-state index contributed by atoms with van der Waals surface area (Å²) in [5.41, 5.74) is 2.41. The zero-order chi connectivity index (χ0) is 26.6. The topological polar surface area (TPSA) is 104 Å². The molecule has 1 unspecified atom stereocenters. The summed E-state index contributed by atoms with van der Waals surface area (Å²) in [6.07, 6.45) is 9.25. The number of hydrogen-bond donors (Lipinski definition) is 3. The number of para-hydroxylation sites is 1. The van der Waals surface area contributed by atoms with Crippen molar-refractivity contribution in [1.29, 1.82) is 0 Å². The first-order chi connectivity index (χ1) is 18.6. The van der Waals surface area contributed by atoms with E-state index in [0.717, 1.165) is 75.3 Å². The minimum Gasteiger partial charge on any atom is -0.492 e. The largest absolute Gasteiger partial charge is 0.492 e. The average Bonchev–Trinajstić information content (AvgIpc) is 2.91. The highest BCUT2D eigenvalue weighted by Gasteiger charge is 2.25. The van der Waals surface area contributed by atoms with E-state index in [0.29, 0.717) is 38.5 Å². The number of fused-ring (bicyclic) bond motifs is 1. The van der Waals surface area contributed by atoms with E-state index in [1.54, 1.807) is 0 Å². The number of ether oxygens (including phenoxy) is 1. The molecular formula is C30H42N4O4. The molecule has 0 saturated heterocycles. The molecule has 1 aromatic carbocycles. The van der Waals surface area contributed by atoms with Crippen LogP contribution in [0.3, 0.4) is 0 Å². The van der Waals surface area contributed by atoms with Gasteiger partial charge in [0, 0.05) is 31.7 Å². The van der Waals surface area contributed by atoms with Crippen LogP contribution < -0.4 is 15.4 Å². The van der Waals surface area contributed by atoms with Crippen molar-refractivity contribution in [2.45, 2.75) is 70.3 Å². The number of aliphatic carboxylic acids is 1. The van der Waals surface area contributed by atoms with Crippen LogP contribution in [0.5, 0.6) is 5.75 Å². The molecule has 1 fully saturated rings. The van der Waals surface area contributed by atoms with Crippen molar-refractivity contribution in [3.05, 3.63) is 53.7 Å². The average molecular weight is 523 g/mol. The number of pyridine rings is 1. The van der Waals surface area contributed by atoms with Crippen molar-refractivity contribution < 1.29 is 19.4 Å². The third-order valence-electron chi connectivity index (χ3n) is 7.59. The first-order valence-corrected chi connectivity index (χ1v) is 14.2. The lowest BCUT2D eigenvalue weighted by Crippen LogP contribution is -2.44. The van der Waals surface area contributed by atoms with Gasteiger partial charge in [-0.2, -0.15) is 0 Å². The summed E-state index contributed by atoms with van der Waals surface area (Å²) in [6, 6.07) is 13.2. The molecule has 2 aliphatic rings. The maximum Gasteiger partial charge on any atom is 0.326 e. The van der Waals surface area contributed by atoms with Gasteiger partial charge >= 0.3 is 5.97 Å². The number of rotatable bonds is 16. The number of nitrogens with zero attached hydrogens (tertiary/aromatic N) is 2. The summed E-state index contributed by atoms with van der Waals surface area (Å²) in [6.45, 7) is 3.62. The molecule has 4 rings (SSSR count). The molecule has 3 N–H and O–H groups in total. The predicted molar refractivity (Wildman–Crippen MR) is 149 cm³/mol. The summed E-state index contributed by atoms with van der Waals surface area (Å²) < 4.78 is 5.90. The number of amides is 1. The minimum absolute atomic E-state index is 0.145. The number of carbonyl (C=O) groups excluding carboxylic acids is 1. The summed E-state index contributed by atoms with van der Waals surface area (Å²) in [7, 11) is 0. The molecule has 2 heterocycles. The van der Waals surface area contributed by atoms with E-state index < -0.39 is 12.0 Å². The number of carboxylic acid groups (broad SMARTS) is 1. The third kappa shape index (κ3) is 9.01. The third-order valence-corrected chi connectivity index (χ3v) is 7.59. The number of hydrogen-bond acceptors (Lipinski definition) is 6. The lowest BCUT2D eigenvalue weighted by molar-refractivity contribution is -0.142. The second-order valence-electron chi connectivity index (χ2n) is 10.5. The molecule has 1 saturated carbocycles. The molecule has 38 heavy (non-hydrogen) atoms. The Balaban J connectivity index is 1.25. The normalized spacial score (nSPS) is 15.7. The van der Waals surface area contributed by atoms with Gasteiger partial charge in [-0.15, -0.1) is 0 Å². The number of carbonyl (C=O) groups is 2. The van der Waals surface area contributed by atoms with E-state index in [9.17, 15) is 14.7 Å². The number of carboxylic acids is 1. The monoisotopic (exact) mass is 522 g/mol. The van der Waals surface area contributed by atoms with E-state index in [1.807, 2.05) is 30.3 Å². The number of unbranched alkanes of at least 4 members (excludes halogenated alkanes) is 1. The Morgan fingerprint density at radius 1 is 1.08 bits per heavy atom. The molecule has 1 aliphatic carbocycles. The summed E-state index contributed by atoms with van der Waals surface area (Å²) in [5, 5.41) is 15.9. The van der Waals surface area contributed by atoms with Gasteiger partial charge in [0.1, 0.15) is 24.2 Å². The van der Waals surface area contributed by atoms with Crippen LogP contribution in [0.15, 0.2) is 42.5 Å². The van der Waals surface area contributed by atoms with Crippen molar-refractivity contribution >= 4 is 17.7 Å². The quantitative estimate of drug-likeness (QED) is 0.283. The van der Waals surface area contributed by atoms with Crippen molar-refractivity contribution in [3.63, 3.8) is 0 Å². The van der Waals surface area contributed by atoms with Gasteiger partial charge in [0.15, 0.2) is 0 Å². The SMILES string of the molecule is O=C(CC1CCC1)NC(CCN(CCCCc1ccc2c(n1)NCCC2)CCOc1ccccc1)C(=O)O. The van der Waals surface area contributed by atoms with Gasteiger partial charge in [-0.25, -0.2) is 9.78 Å². The second kappa shape index (κ2) is 14.7. The summed E-state index contributed by atoms with van der Waals surface area (Å²) in [5.74, 6) is 1.16. The van der Waals surface area contributed by atoms with E-state index in [-0.39, 0.29) is 5.91 Å². The van der Waals surface area contributed by atoms with E-state index >= 15 is 0 Å². The molecule has 0 radical (unpaired) electrons. The lowest BCUT2D eigenvalue weighted by atomic mass is 9.83. The van der Waals surface area contributed by atoms with Gasteiger partial charge in [-0.05, 0) is 87.6 Å². The van der Waals surface area contributed by atoms with Gasteiger partial charge in [0.25, 0.3) is 0 Å². The molecule has 0 bridgehead atoms. The van der Waals surface area contributed by atoms with Crippen LogP contribution in [0.2, 0.25) is 0 Å². The molecule has 1 aromatic heterocycles. The van der Waals surface area contributed by atoms with Crippen LogP contribution >= 0.6 is 0 Å². The van der Waals surface area contributed by atoms with Gasteiger partial charge in [0.2, 0.25) is 5.91 Å². The number of nitrogens with one attached hydrogen (secondary N) is 2. The van der Waals surface area contributed by atoms with Crippen molar-refractivity contribution in [3.8, 4) is 5.75 Å². The van der Waals surface area contributed by atoms with E-state index in [1.165, 1.54) is 12.0 Å². The lowest BCUT2D eigenvalue weighted by Gasteiger charge is -2.26. The minimum atomic E-state index is -0.973. The molecule has 0 spiro atoms. The van der Waals surface area contributed by atoms with Crippen LogP contribution in [0, 0.1) is 5.92 Å². The number of aryl methyl sites for hydroxylation is 2. The Bertz CT molecular complexity index is 1030. The molecule has 1 aliphatic heterocycles. The highest BCUT2D eigenvalue weighted by atomic mass is 16.5. The first-order valence-electron chi connectivity index (χ1n) is 14.2. The summed E-state index contributed by atoms with van der Waals surface area (Å²) >= 11 is 0. The Hall–Kier alpha value is -3.13. The van der Waals surface area contributed by atoms with Crippen LogP contribution in [-0.2, 0) is 22.4 Å². The molecule has 2 aromatic rings. The maximum absolute atomic E-state index is 12.4. The fourth-order valence-corrected chi connectivity index (χ4v) is 5.08. The van der Waals surface area contributed by atoms with Crippen molar-refractivity contribution in [2.75, 3.05) is 38.1 Å². The Morgan fingerprint density at radius 3 is 2.68 bits per heavy atom. The fourth-order valence-electron chi connectivity index (χ4n) is 5.08. The van der Waals surface area contributed by atoms with Crippen molar-refractivity contribution in [1.82, 2.24) is 15.2 Å². The maximum atomic E-state index is 12.4. The van der Waals surface area contributed by atoms with Gasteiger partial charge in [0.05, 0.1) is 0 Å². The van der Waals surface area contributed by atoms with Crippen LogP contribution in [0.4, 0.5) is 5.82 Å². The molecule has 1 atom stereocenters. The highest BCUT2D eigenvalue weighted by molar-refractivity contribution is 5.83. The number of benzene rings is 1. The Labute approximate surface area is 226 Å². The van der Waals surface area contributed by atoms with E-state index in [2.05, 4.69) is 27.7 Å². The zero-order valence-corrected chi connectivity index (χ0v) is 22.4. The predicted octanol–water partition coefficient (Wildman–Crippen LogP) is 4.29. The molecule has 206 valence electrons. The summed E-state index contributed by atoms with van der Waals surface area (Å²) in [4.78, 5) is 31.3. The van der Waals surface area contributed by atoms with Crippen LogP contribution in [-0.4, -0.2) is 65.7 Å². The van der Waals surface area contributed by atoms with Crippen LogP contribution in [0.1, 0.15) is 62.6 Å². The van der Waals surface area contributed by atoms with Crippen LogP contribution in [0.25, 0.3) is 0 Å². The zero-order valence-electron chi connectivity index (χ0n) is 22.4. The highest BCUT2D eigenvalue weighted by Crippen LogP contribution is 2.29. The standard InChI is InChI=1S/C30H42N4O4/c35-28(22-23-8-6-9-23)33-27(30(36)37)16-19-34(20-21-38-26-12-2-1-3-13-26)18-5-4-11-25-15-14-24-10-7-17-31-29(24)32-25/h1-3,12-15,23,27H,4-11,16-22H2,(H,31,32)(H,33,35)(H,36,37). The number of anilines is 1. The molecule has 8 heteroatoms. The Morgan fingerprint density at radius 2 is 1.92 bits per heavy atom. The molecule has 8 nitrogen and oxygen atoms in total. The fraction of sp³-hybridized carbons (Fsp3) is 0.567. The first kappa shape index (κ1) is 27.9. The van der Waals surface area contributed by atoms with Gasteiger partial charge < -0.3 is 20.5 Å². The Kier molecular flexibility index (Phi) is 10.8. The number of aromatic nitrogens is 1. The van der Waals surface area contributed by atoms with E-state index in [4.69, 9.17) is 9.72 Å². The van der Waals surface area contributed by atoms with Gasteiger partial charge in [-0.3, -0.25) is 9.69 Å². The smallest absolute Gasteiger partial charge is 0.326 e.